The van der Waals surface area contributed by atoms with Crippen molar-refractivity contribution in [3.8, 4) is 17.0 Å². The van der Waals surface area contributed by atoms with Crippen LogP contribution in [-0.2, 0) is 0 Å². The van der Waals surface area contributed by atoms with Gasteiger partial charge in [-0.05, 0) is 24.3 Å². The van der Waals surface area contributed by atoms with Crippen LogP contribution in [0.4, 0.5) is 10.5 Å². The van der Waals surface area contributed by atoms with E-state index in [1.54, 1.807) is 12.1 Å². The second-order valence-electron chi connectivity index (χ2n) is 5.93. The first-order valence-corrected chi connectivity index (χ1v) is 8.22. The molecule has 1 amide bonds. The minimum absolute atomic E-state index is 0.346. The summed E-state index contributed by atoms with van der Waals surface area (Å²) in [6.07, 6.45) is 2.91. The number of hydrogen-bond donors (Lipinski definition) is 2. The smallest absolute Gasteiger partial charge is 0.406 e. The van der Waals surface area contributed by atoms with E-state index < -0.39 is 6.09 Å². The standard InChI is InChI=1S/C18H19N5O2/c19-18(24)25-16-2-1-9-23-12-15(21-17(16)23)13-3-5-14(6-4-13)22-10-7-20-8-11-22/h1-6,9,12,20H,7-8,10-11H2,(H2,19,24). The summed E-state index contributed by atoms with van der Waals surface area (Å²) in [5, 5.41) is 3.36. The topological polar surface area (TPSA) is 84.9 Å². The van der Waals surface area contributed by atoms with Crippen LogP contribution in [0.25, 0.3) is 16.9 Å². The number of nitrogens with one attached hydrogen (secondary N) is 1. The summed E-state index contributed by atoms with van der Waals surface area (Å²) in [6.45, 7) is 4.05. The Balaban J connectivity index is 1.64. The molecule has 1 saturated heterocycles. The predicted octanol–water partition coefficient (Wildman–Crippen LogP) is 1.87. The van der Waals surface area contributed by atoms with E-state index in [0.29, 0.717) is 11.4 Å². The second kappa shape index (κ2) is 6.45. The van der Waals surface area contributed by atoms with Gasteiger partial charge in [-0.15, -0.1) is 0 Å². The van der Waals surface area contributed by atoms with E-state index in [1.807, 2.05) is 16.8 Å². The fourth-order valence-corrected chi connectivity index (χ4v) is 3.08. The minimum Gasteiger partial charge on any atom is -0.406 e. The number of pyridine rings is 1. The van der Waals surface area contributed by atoms with Gasteiger partial charge in [0.25, 0.3) is 0 Å². The van der Waals surface area contributed by atoms with Gasteiger partial charge in [0.1, 0.15) is 0 Å². The van der Waals surface area contributed by atoms with Crippen molar-refractivity contribution in [1.29, 1.82) is 0 Å². The van der Waals surface area contributed by atoms with E-state index in [-0.39, 0.29) is 0 Å². The number of benzene rings is 1. The van der Waals surface area contributed by atoms with Gasteiger partial charge in [-0.2, -0.15) is 0 Å². The van der Waals surface area contributed by atoms with Crippen LogP contribution in [0.15, 0.2) is 48.8 Å². The maximum absolute atomic E-state index is 11.0. The summed E-state index contributed by atoms with van der Waals surface area (Å²) in [6, 6.07) is 11.8. The Kier molecular flexibility index (Phi) is 3.99. The molecule has 25 heavy (non-hydrogen) atoms. The molecule has 0 spiro atoms. The van der Waals surface area contributed by atoms with Crippen LogP contribution in [0.3, 0.4) is 0 Å². The maximum Gasteiger partial charge on any atom is 0.410 e. The molecule has 4 rings (SSSR count). The Morgan fingerprint density at radius 1 is 1.16 bits per heavy atom. The number of nitrogens with two attached hydrogens (primary N) is 1. The van der Waals surface area contributed by atoms with Crippen LogP contribution in [-0.4, -0.2) is 41.7 Å². The van der Waals surface area contributed by atoms with Gasteiger partial charge in [-0.1, -0.05) is 12.1 Å². The van der Waals surface area contributed by atoms with E-state index in [9.17, 15) is 4.79 Å². The first-order chi connectivity index (χ1) is 12.2. The lowest BCUT2D eigenvalue weighted by molar-refractivity contribution is 0.211. The number of fused-ring (bicyclic) bond motifs is 1. The summed E-state index contributed by atoms with van der Waals surface area (Å²) < 4.78 is 6.84. The Bertz CT molecular complexity index is 897. The normalized spacial score (nSPS) is 14.6. The molecule has 0 radical (unpaired) electrons. The van der Waals surface area contributed by atoms with Crippen molar-refractivity contribution in [1.82, 2.24) is 14.7 Å². The maximum atomic E-state index is 11.0. The summed E-state index contributed by atoms with van der Waals surface area (Å²) in [4.78, 5) is 18.0. The number of imidazole rings is 1. The van der Waals surface area contributed by atoms with Crippen molar-refractivity contribution in [3.05, 3.63) is 48.8 Å². The molecule has 0 bridgehead atoms. The third-order valence-corrected chi connectivity index (χ3v) is 4.30. The predicted molar refractivity (Wildman–Crippen MR) is 95.9 cm³/mol. The van der Waals surface area contributed by atoms with Gasteiger partial charge in [-0.3, -0.25) is 0 Å². The van der Waals surface area contributed by atoms with Gasteiger partial charge in [-0.25, -0.2) is 9.78 Å². The molecule has 7 nitrogen and oxygen atoms in total. The van der Waals surface area contributed by atoms with Crippen LogP contribution in [0, 0.1) is 0 Å². The Labute approximate surface area is 145 Å². The number of hydrogen-bond acceptors (Lipinski definition) is 5. The number of anilines is 1. The van der Waals surface area contributed by atoms with Gasteiger partial charge in [0, 0.05) is 49.8 Å². The molecule has 3 heterocycles. The number of primary amides is 1. The van der Waals surface area contributed by atoms with Gasteiger partial charge < -0.3 is 25.1 Å². The number of carbonyl (C=O) groups excluding carboxylic acids is 1. The zero-order valence-corrected chi connectivity index (χ0v) is 13.7. The van der Waals surface area contributed by atoms with Gasteiger partial charge in [0.05, 0.1) is 5.69 Å². The molecule has 0 atom stereocenters. The highest BCUT2D eigenvalue weighted by molar-refractivity contribution is 5.73. The van der Waals surface area contributed by atoms with Crippen molar-refractivity contribution in [2.45, 2.75) is 0 Å². The lowest BCUT2D eigenvalue weighted by Crippen LogP contribution is -2.43. The highest BCUT2D eigenvalue weighted by Crippen LogP contribution is 2.26. The van der Waals surface area contributed by atoms with Gasteiger partial charge in [0.2, 0.25) is 0 Å². The zero-order chi connectivity index (χ0) is 17.2. The van der Waals surface area contributed by atoms with Crippen LogP contribution >= 0.6 is 0 Å². The minimum atomic E-state index is -0.849. The molecule has 3 N–H and O–H groups in total. The third-order valence-electron chi connectivity index (χ3n) is 4.30. The molecule has 7 heteroatoms. The Morgan fingerprint density at radius 2 is 1.92 bits per heavy atom. The molecule has 0 saturated carbocycles. The summed E-state index contributed by atoms with van der Waals surface area (Å²) in [5.41, 5.74) is 8.71. The van der Waals surface area contributed by atoms with Crippen molar-refractivity contribution < 1.29 is 9.53 Å². The van der Waals surface area contributed by atoms with Crippen LogP contribution in [0.5, 0.6) is 5.75 Å². The number of piperazine rings is 1. The number of aromatic nitrogens is 2. The van der Waals surface area contributed by atoms with Gasteiger partial charge >= 0.3 is 6.09 Å². The fraction of sp³-hybridized carbons (Fsp3) is 0.222. The summed E-state index contributed by atoms with van der Waals surface area (Å²) >= 11 is 0. The highest BCUT2D eigenvalue weighted by atomic mass is 16.5. The number of nitrogens with zero attached hydrogens (tertiary/aromatic N) is 3. The molecule has 2 aromatic heterocycles. The van der Waals surface area contributed by atoms with E-state index in [0.717, 1.165) is 37.4 Å². The van der Waals surface area contributed by atoms with Gasteiger partial charge in [0.15, 0.2) is 11.4 Å². The average Bonchev–Trinajstić information content (AvgIpc) is 3.08. The van der Waals surface area contributed by atoms with E-state index in [1.165, 1.54) is 5.69 Å². The second-order valence-corrected chi connectivity index (χ2v) is 5.93. The Morgan fingerprint density at radius 3 is 2.64 bits per heavy atom. The monoisotopic (exact) mass is 337 g/mol. The molecule has 1 aliphatic heterocycles. The molecule has 0 aliphatic carbocycles. The lowest BCUT2D eigenvalue weighted by atomic mass is 10.1. The number of ether oxygens (including phenoxy) is 1. The Hall–Kier alpha value is -3.06. The molecule has 1 aliphatic rings. The van der Waals surface area contributed by atoms with Crippen LogP contribution in [0.1, 0.15) is 0 Å². The lowest BCUT2D eigenvalue weighted by Gasteiger charge is -2.29. The molecule has 1 fully saturated rings. The largest absolute Gasteiger partial charge is 0.410 e. The number of rotatable bonds is 3. The first-order valence-electron chi connectivity index (χ1n) is 8.22. The van der Waals surface area contributed by atoms with Crippen molar-refractivity contribution in [2.24, 2.45) is 5.73 Å². The van der Waals surface area contributed by atoms with Crippen LogP contribution in [0.2, 0.25) is 0 Å². The van der Waals surface area contributed by atoms with Crippen molar-refractivity contribution in [3.63, 3.8) is 0 Å². The zero-order valence-electron chi connectivity index (χ0n) is 13.7. The van der Waals surface area contributed by atoms with E-state index in [2.05, 4.69) is 39.5 Å². The molecular formula is C18H19N5O2. The average molecular weight is 337 g/mol. The van der Waals surface area contributed by atoms with Crippen molar-refractivity contribution >= 4 is 17.4 Å². The number of carbonyl (C=O) groups is 1. The fourth-order valence-electron chi connectivity index (χ4n) is 3.08. The first kappa shape index (κ1) is 15.5. The molecule has 0 unspecified atom stereocenters. The summed E-state index contributed by atoms with van der Waals surface area (Å²) in [7, 11) is 0. The molecule has 128 valence electrons. The SMILES string of the molecule is NC(=O)Oc1cccn2cc(-c3ccc(N4CCNCC4)cc3)nc12. The highest BCUT2D eigenvalue weighted by Gasteiger charge is 2.13. The van der Waals surface area contributed by atoms with E-state index in [4.69, 9.17) is 10.5 Å². The van der Waals surface area contributed by atoms with Crippen LogP contribution < -0.4 is 20.7 Å². The van der Waals surface area contributed by atoms with Crippen molar-refractivity contribution in [2.75, 3.05) is 31.1 Å². The van der Waals surface area contributed by atoms with E-state index >= 15 is 0 Å². The summed E-state index contributed by atoms with van der Waals surface area (Å²) in [5.74, 6) is 0.346. The quantitative estimate of drug-likeness (QED) is 0.762. The third kappa shape index (κ3) is 3.14. The molecule has 1 aromatic carbocycles. The molecular weight excluding hydrogens is 318 g/mol. The number of amides is 1. The molecule has 3 aromatic rings.